The molecule has 19 heavy (non-hydrogen) atoms. The summed E-state index contributed by atoms with van der Waals surface area (Å²) in [6, 6.07) is 2.01. The molecule has 0 spiro atoms. The first kappa shape index (κ1) is 15.1. The van der Waals surface area contributed by atoms with Crippen LogP contribution in [0.2, 0.25) is 0 Å². The van der Waals surface area contributed by atoms with E-state index < -0.39 is 5.97 Å². The number of hydrogen-bond donors (Lipinski definition) is 1. The first-order valence-corrected chi connectivity index (χ1v) is 6.13. The number of aryl methyl sites for hydroxylation is 1. The van der Waals surface area contributed by atoms with Crippen LogP contribution in [0.1, 0.15) is 16.7 Å². The van der Waals surface area contributed by atoms with Gasteiger partial charge in [-0.25, -0.2) is 4.79 Å². The zero-order valence-electron chi connectivity index (χ0n) is 12.2. The normalized spacial score (nSPS) is 10.8. The van der Waals surface area contributed by atoms with E-state index in [1.165, 1.54) is 0 Å². The lowest BCUT2D eigenvalue weighted by Crippen LogP contribution is -2.20. The quantitative estimate of drug-likeness (QED) is 0.830. The highest BCUT2D eigenvalue weighted by Gasteiger charge is 2.13. The van der Waals surface area contributed by atoms with E-state index in [4.69, 9.17) is 9.84 Å². The van der Waals surface area contributed by atoms with E-state index in [0.717, 1.165) is 34.2 Å². The molecular weight excluding hydrogens is 242 g/mol. The SMILES string of the molecule is COc1cc(C)c(N(C)C/C=C/C(=O)O)c(C)c1C. The minimum absolute atomic E-state index is 0.555. The van der Waals surface area contributed by atoms with Crippen LogP contribution in [0.3, 0.4) is 0 Å². The number of aliphatic carboxylic acids is 1. The first-order valence-electron chi connectivity index (χ1n) is 6.13. The Balaban J connectivity index is 3.06. The van der Waals surface area contributed by atoms with E-state index in [-0.39, 0.29) is 0 Å². The fourth-order valence-electron chi connectivity index (χ4n) is 2.23. The Labute approximate surface area is 114 Å². The molecule has 104 valence electrons. The zero-order valence-corrected chi connectivity index (χ0v) is 12.2. The summed E-state index contributed by atoms with van der Waals surface area (Å²) >= 11 is 0. The largest absolute Gasteiger partial charge is 0.496 e. The van der Waals surface area contributed by atoms with E-state index in [1.807, 2.05) is 31.9 Å². The molecule has 4 nitrogen and oxygen atoms in total. The summed E-state index contributed by atoms with van der Waals surface area (Å²) in [6.45, 7) is 6.66. The average Bonchev–Trinajstić information content (AvgIpc) is 2.33. The number of carboxylic acids is 1. The van der Waals surface area contributed by atoms with Gasteiger partial charge in [0.05, 0.1) is 7.11 Å². The maximum Gasteiger partial charge on any atom is 0.328 e. The predicted molar refractivity (Wildman–Crippen MR) is 77.3 cm³/mol. The van der Waals surface area contributed by atoms with E-state index in [0.29, 0.717) is 6.54 Å². The minimum Gasteiger partial charge on any atom is -0.496 e. The lowest BCUT2D eigenvalue weighted by atomic mass is 10.0. The summed E-state index contributed by atoms with van der Waals surface area (Å²) in [6.07, 6.45) is 2.80. The number of ether oxygens (including phenoxy) is 1. The van der Waals surface area contributed by atoms with Crippen LogP contribution in [0.4, 0.5) is 5.69 Å². The molecule has 0 aliphatic carbocycles. The topological polar surface area (TPSA) is 49.8 Å². The first-order chi connectivity index (χ1) is 8.88. The smallest absolute Gasteiger partial charge is 0.328 e. The molecule has 0 aliphatic heterocycles. The molecule has 0 atom stereocenters. The Morgan fingerprint density at radius 1 is 1.37 bits per heavy atom. The molecule has 0 radical (unpaired) electrons. The number of hydrogen-bond acceptors (Lipinski definition) is 3. The van der Waals surface area contributed by atoms with Gasteiger partial charge in [-0.2, -0.15) is 0 Å². The van der Waals surface area contributed by atoms with Gasteiger partial charge in [0, 0.05) is 25.4 Å². The molecule has 0 fully saturated rings. The summed E-state index contributed by atoms with van der Waals surface area (Å²) < 4.78 is 5.34. The Morgan fingerprint density at radius 2 is 2.00 bits per heavy atom. The number of nitrogens with zero attached hydrogens (tertiary/aromatic N) is 1. The van der Waals surface area contributed by atoms with E-state index in [9.17, 15) is 4.79 Å². The molecule has 1 N–H and O–H groups in total. The third-order valence-electron chi connectivity index (χ3n) is 3.25. The van der Waals surface area contributed by atoms with Crippen LogP contribution < -0.4 is 9.64 Å². The van der Waals surface area contributed by atoms with Crippen LogP contribution in [0.5, 0.6) is 5.75 Å². The van der Waals surface area contributed by atoms with Crippen molar-refractivity contribution in [2.45, 2.75) is 20.8 Å². The molecule has 0 bridgehead atoms. The predicted octanol–water partition coefficient (Wildman–Crippen LogP) is 2.70. The Kier molecular flexibility index (Phi) is 4.98. The van der Waals surface area contributed by atoms with Crippen LogP contribution in [0.15, 0.2) is 18.2 Å². The van der Waals surface area contributed by atoms with Crippen molar-refractivity contribution in [2.24, 2.45) is 0 Å². The average molecular weight is 263 g/mol. The van der Waals surface area contributed by atoms with Crippen molar-refractivity contribution in [3.05, 3.63) is 34.9 Å². The molecule has 1 aromatic rings. The molecule has 0 heterocycles. The Morgan fingerprint density at radius 3 is 2.53 bits per heavy atom. The van der Waals surface area contributed by atoms with Crippen LogP contribution in [0, 0.1) is 20.8 Å². The van der Waals surface area contributed by atoms with Gasteiger partial charge in [-0.15, -0.1) is 0 Å². The van der Waals surface area contributed by atoms with Gasteiger partial charge >= 0.3 is 5.97 Å². The zero-order chi connectivity index (χ0) is 14.6. The molecule has 0 unspecified atom stereocenters. The fraction of sp³-hybridized carbons (Fsp3) is 0.400. The lowest BCUT2D eigenvalue weighted by molar-refractivity contribution is -0.131. The van der Waals surface area contributed by atoms with Crippen molar-refractivity contribution < 1.29 is 14.6 Å². The van der Waals surface area contributed by atoms with Crippen LogP contribution in [-0.2, 0) is 4.79 Å². The van der Waals surface area contributed by atoms with E-state index >= 15 is 0 Å². The Hall–Kier alpha value is -1.97. The van der Waals surface area contributed by atoms with Gasteiger partial charge in [0.1, 0.15) is 5.75 Å². The number of likely N-dealkylation sites (N-methyl/N-ethyl adjacent to an activating group) is 1. The molecular formula is C15H21NO3. The second-order valence-electron chi connectivity index (χ2n) is 4.62. The third-order valence-corrected chi connectivity index (χ3v) is 3.25. The molecule has 0 saturated heterocycles. The fourth-order valence-corrected chi connectivity index (χ4v) is 2.23. The lowest BCUT2D eigenvalue weighted by Gasteiger charge is -2.24. The summed E-state index contributed by atoms with van der Waals surface area (Å²) in [7, 11) is 3.62. The summed E-state index contributed by atoms with van der Waals surface area (Å²) in [4.78, 5) is 12.5. The highest BCUT2D eigenvalue weighted by Crippen LogP contribution is 2.33. The molecule has 1 rings (SSSR count). The van der Waals surface area contributed by atoms with Gasteiger partial charge < -0.3 is 14.7 Å². The van der Waals surface area contributed by atoms with Crippen molar-refractivity contribution in [3.8, 4) is 5.75 Å². The van der Waals surface area contributed by atoms with Crippen LogP contribution >= 0.6 is 0 Å². The van der Waals surface area contributed by atoms with Gasteiger partial charge in [0.2, 0.25) is 0 Å². The molecule has 0 saturated carbocycles. The van der Waals surface area contributed by atoms with Gasteiger partial charge in [-0.05, 0) is 43.5 Å². The van der Waals surface area contributed by atoms with Gasteiger partial charge in [0.25, 0.3) is 0 Å². The Bertz CT molecular complexity index is 507. The van der Waals surface area contributed by atoms with E-state index in [1.54, 1.807) is 13.2 Å². The molecule has 0 aliphatic rings. The van der Waals surface area contributed by atoms with Crippen LogP contribution in [0.25, 0.3) is 0 Å². The van der Waals surface area contributed by atoms with Crippen molar-refractivity contribution in [1.29, 1.82) is 0 Å². The van der Waals surface area contributed by atoms with E-state index in [2.05, 4.69) is 6.92 Å². The maximum absolute atomic E-state index is 10.5. The van der Waals surface area contributed by atoms with Gasteiger partial charge in [0.15, 0.2) is 0 Å². The highest BCUT2D eigenvalue weighted by molar-refractivity contribution is 5.79. The summed E-state index contributed by atoms with van der Waals surface area (Å²) in [5, 5.41) is 8.60. The number of benzene rings is 1. The summed E-state index contributed by atoms with van der Waals surface area (Å²) in [5.74, 6) is -0.0408. The van der Waals surface area contributed by atoms with Crippen molar-refractivity contribution in [3.63, 3.8) is 0 Å². The second-order valence-corrected chi connectivity index (χ2v) is 4.62. The maximum atomic E-state index is 10.5. The number of carboxylic acid groups (broad SMARTS) is 1. The minimum atomic E-state index is -0.923. The standard InChI is InChI=1S/C15H21NO3/c1-10-9-13(19-5)11(2)12(3)15(10)16(4)8-6-7-14(17)18/h6-7,9H,8H2,1-5H3,(H,17,18)/b7-6+. The van der Waals surface area contributed by atoms with Gasteiger partial charge in [-0.1, -0.05) is 6.08 Å². The molecule has 1 aromatic carbocycles. The number of rotatable bonds is 5. The third kappa shape index (κ3) is 3.50. The van der Waals surface area contributed by atoms with Crippen molar-refractivity contribution in [2.75, 3.05) is 25.6 Å². The molecule has 0 amide bonds. The number of anilines is 1. The highest BCUT2D eigenvalue weighted by atomic mass is 16.5. The molecule has 0 aromatic heterocycles. The van der Waals surface area contributed by atoms with Crippen molar-refractivity contribution in [1.82, 2.24) is 0 Å². The number of methoxy groups -OCH3 is 1. The second kappa shape index (κ2) is 6.27. The van der Waals surface area contributed by atoms with Gasteiger partial charge in [-0.3, -0.25) is 0 Å². The van der Waals surface area contributed by atoms with Crippen molar-refractivity contribution >= 4 is 11.7 Å². The number of carbonyl (C=O) groups is 1. The monoisotopic (exact) mass is 263 g/mol. The van der Waals surface area contributed by atoms with Crippen LogP contribution in [-0.4, -0.2) is 31.8 Å². The molecule has 4 heteroatoms. The summed E-state index contributed by atoms with van der Waals surface area (Å²) in [5.41, 5.74) is 4.50.